The fourth-order valence-corrected chi connectivity index (χ4v) is 4.03. The summed E-state index contributed by atoms with van der Waals surface area (Å²) in [5, 5.41) is 3.85. The van der Waals surface area contributed by atoms with E-state index in [-0.39, 0.29) is 10.8 Å². The zero-order valence-electron chi connectivity index (χ0n) is 13.6. The van der Waals surface area contributed by atoms with Crippen LogP contribution in [0.5, 0.6) is 0 Å². The van der Waals surface area contributed by atoms with Gasteiger partial charge in [0, 0.05) is 26.3 Å². The molecule has 2 aromatic rings. The van der Waals surface area contributed by atoms with Gasteiger partial charge >= 0.3 is 0 Å². The van der Waals surface area contributed by atoms with Gasteiger partial charge in [-0.05, 0) is 24.5 Å². The molecule has 1 aliphatic rings. The van der Waals surface area contributed by atoms with Crippen molar-refractivity contribution < 1.29 is 13.2 Å². The number of nitrogens with zero attached hydrogens (tertiary/aromatic N) is 3. The van der Waals surface area contributed by atoms with Crippen LogP contribution in [0.1, 0.15) is 18.1 Å². The highest BCUT2D eigenvalue weighted by Crippen LogP contribution is 2.19. The van der Waals surface area contributed by atoms with Gasteiger partial charge in [0.05, 0.1) is 12.2 Å². The largest absolute Gasteiger partial charge is 0.337 e. The van der Waals surface area contributed by atoms with Gasteiger partial charge in [-0.3, -0.25) is 9.48 Å². The van der Waals surface area contributed by atoms with Crippen LogP contribution in [-0.4, -0.2) is 41.6 Å². The van der Waals surface area contributed by atoms with Gasteiger partial charge in [0.25, 0.3) is 0 Å². The number of rotatable bonds is 4. The molecule has 1 N–H and O–H groups in total. The third-order valence-electron chi connectivity index (χ3n) is 4.14. The molecule has 1 aliphatic heterocycles. The molecule has 0 fully saturated rings. The predicted molar refractivity (Wildman–Crippen MR) is 88.6 cm³/mol. The van der Waals surface area contributed by atoms with Crippen LogP contribution >= 0.6 is 0 Å². The molecule has 3 rings (SSSR count). The number of carbonyl (C=O) groups excluding carboxylic acids is 1. The molecule has 0 saturated heterocycles. The Morgan fingerprint density at radius 3 is 2.67 bits per heavy atom. The van der Waals surface area contributed by atoms with E-state index >= 15 is 0 Å². The number of aromatic nitrogens is 2. The van der Waals surface area contributed by atoms with Crippen LogP contribution in [0, 0.1) is 0 Å². The Labute approximate surface area is 141 Å². The first kappa shape index (κ1) is 16.7. The summed E-state index contributed by atoms with van der Waals surface area (Å²) in [6, 6.07) is 7.16. The van der Waals surface area contributed by atoms with Crippen molar-refractivity contribution in [2.24, 2.45) is 7.05 Å². The Hall–Kier alpha value is -2.19. The molecule has 2 heterocycles. The van der Waals surface area contributed by atoms with Crippen molar-refractivity contribution in [3.63, 3.8) is 0 Å². The molecule has 0 bridgehead atoms. The number of carbonyl (C=O) groups is 1. The highest BCUT2D eigenvalue weighted by molar-refractivity contribution is 7.89. The summed E-state index contributed by atoms with van der Waals surface area (Å²) >= 11 is 0. The molecular formula is C16H20N4O3S. The lowest BCUT2D eigenvalue weighted by Crippen LogP contribution is -2.48. The third kappa shape index (κ3) is 3.34. The van der Waals surface area contributed by atoms with Crippen molar-refractivity contribution in [3.8, 4) is 0 Å². The monoisotopic (exact) mass is 348 g/mol. The first-order valence-corrected chi connectivity index (χ1v) is 9.22. The second-order valence-electron chi connectivity index (χ2n) is 5.97. The molecule has 7 nitrogen and oxygen atoms in total. The van der Waals surface area contributed by atoms with E-state index in [9.17, 15) is 13.2 Å². The number of aryl methyl sites for hydroxylation is 1. The zero-order chi connectivity index (χ0) is 17.3. The maximum absolute atomic E-state index is 12.6. The van der Waals surface area contributed by atoms with Crippen LogP contribution in [0.15, 0.2) is 41.6 Å². The van der Waals surface area contributed by atoms with Gasteiger partial charge in [0.1, 0.15) is 4.90 Å². The van der Waals surface area contributed by atoms with Crippen molar-refractivity contribution in [1.82, 2.24) is 19.4 Å². The molecule has 1 amide bonds. The van der Waals surface area contributed by atoms with E-state index in [1.807, 2.05) is 18.2 Å². The van der Waals surface area contributed by atoms with E-state index in [0.717, 1.165) is 12.0 Å². The van der Waals surface area contributed by atoms with E-state index in [1.165, 1.54) is 22.6 Å². The van der Waals surface area contributed by atoms with Gasteiger partial charge in [0.2, 0.25) is 15.9 Å². The van der Waals surface area contributed by atoms with Gasteiger partial charge in [0.15, 0.2) is 0 Å². The maximum Gasteiger partial charge on any atom is 0.244 e. The fraction of sp³-hybridized carbons (Fsp3) is 0.375. The zero-order valence-corrected chi connectivity index (χ0v) is 14.5. The number of benzene rings is 1. The summed E-state index contributed by atoms with van der Waals surface area (Å²) in [7, 11) is -2.13. The fourth-order valence-electron chi connectivity index (χ4n) is 2.85. The Morgan fingerprint density at radius 2 is 2.00 bits per heavy atom. The summed E-state index contributed by atoms with van der Waals surface area (Å²) in [4.78, 5) is 14.3. The van der Waals surface area contributed by atoms with Crippen molar-refractivity contribution in [1.29, 1.82) is 0 Å². The van der Waals surface area contributed by atoms with E-state index in [4.69, 9.17) is 0 Å². The number of hydrogen-bond acceptors (Lipinski definition) is 4. The van der Waals surface area contributed by atoms with Gasteiger partial charge in [-0.1, -0.05) is 24.3 Å². The summed E-state index contributed by atoms with van der Waals surface area (Å²) < 4.78 is 28.5. The number of amides is 1. The van der Waals surface area contributed by atoms with Gasteiger partial charge in [-0.15, -0.1) is 0 Å². The Bertz CT molecular complexity index is 860. The summed E-state index contributed by atoms with van der Waals surface area (Å²) in [6.45, 7) is 2.67. The first-order chi connectivity index (χ1) is 11.4. The molecule has 1 aromatic heterocycles. The first-order valence-electron chi connectivity index (χ1n) is 7.73. The van der Waals surface area contributed by atoms with Crippen molar-refractivity contribution in [2.75, 3.05) is 6.54 Å². The summed E-state index contributed by atoms with van der Waals surface area (Å²) in [6.07, 6.45) is 3.44. The second-order valence-corrected chi connectivity index (χ2v) is 7.69. The normalized spacial score (nSPS) is 15.8. The standard InChI is InChI=1S/C16H20N4O3S/c1-12(18-24(22,23)15-9-17-19(2)11-15)16(21)20-8-7-13-5-3-4-6-14(13)10-20/h3-6,9,11-12,18H,7-8,10H2,1-2H3. The number of hydrogen-bond donors (Lipinski definition) is 1. The lowest BCUT2D eigenvalue weighted by atomic mass is 9.99. The van der Waals surface area contributed by atoms with Crippen LogP contribution < -0.4 is 4.72 Å². The molecule has 1 unspecified atom stereocenters. The minimum absolute atomic E-state index is 0.0497. The van der Waals surface area contributed by atoms with Crippen molar-refractivity contribution >= 4 is 15.9 Å². The average Bonchev–Trinajstić information content (AvgIpc) is 3.00. The minimum Gasteiger partial charge on any atom is -0.337 e. The lowest BCUT2D eigenvalue weighted by Gasteiger charge is -2.31. The average molecular weight is 348 g/mol. The number of nitrogens with one attached hydrogen (secondary N) is 1. The van der Waals surface area contributed by atoms with Crippen LogP contribution in [0.4, 0.5) is 0 Å². The lowest BCUT2D eigenvalue weighted by molar-refractivity contribution is -0.133. The second kappa shape index (κ2) is 6.37. The highest BCUT2D eigenvalue weighted by Gasteiger charge is 2.28. The Kier molecular flexibility index (Phi) is 4.42. The third-order valence-corrected chi connectivity index (χ3v) is 5.63. The maximum atomic E-state index is 12.6. The van der Waals surface area contributed by atoms with Gasteiger partial charge < -0.3 is 4.90 Å². The predicted octanol–water partition coefficient (Wildman–Crippen LogP) is 0.672. The molecule has 0 aliphatic carbocycles. The van der Waals surface area contributed by atoms with Gasteiger partial charge in [-0.25, -0.2) is 8.42 Å². The molecular weight excluding hydrogens is 328 g/mol. The van der Waals surface area contributed by atoms with Crippen molar-refractivity contribution in [2.45, 2.75) is 30.8 Å². The van der Waals surface area contributed by atoms with E-state index in [2.05, 4.69) is 15.9 Å². The number of fused-ring (bicyclic) bond motifs is 1. The highest BCUT2D eigenvalue weighted by atomic mass is 32.2. The molecule has 0 radical (unpaired) electrons. The Balaban J connectivity index is 1.69. The van der Waals surface area contributed by atoms with Crippen LogP contribution in [0.3, 0.4) is 0 Å². The quantitative estimate of drug-likeness (QED) is 0.880. The smallest absolute Gasteiger partial charge is 0.244 e. The SMILES string of the molecule is CC(NS(=O)(=O)c1cnn(C)c1)C(=O)N1CCc2ccccc2C1. The van der Waals surface area contributed by atoms with Crippen LogP contribution in [0.25, 0.3) is 0 Å². The minimum atomic E-state index is -3.76. The van der Waals surface area contributed by atoms with Crippen molar-refractivity contribution in [3.05, 3.63) is 47.8 Å². The molecule has 1 aromatic carbocycles. The molecule has 0 spiro atoms. The van der Waals surface area contributed by atoms with E-state index in [1.54, 1.807) is 18.9 Å². The van der Waals surface area contributed by atoms with Crippen LogP contribution in [-0.2, 0) is 34.8 Å². The Morgan fingerprint density at radius 1 is 1.29 bits per heavy atom. The molecule has 0 saturated carbocycles. The van der Waals surface area contributed by atoms with E-state index in [0.29, 0.717) is 13.1 Å². The molecule has 128 valence electrons. The van der Waals surface area contributed by atoms with Crippen LogP contribution in [0.2, 0.25) is 0 Å². The molecule has 1 atom stereocenters. The summed E-state index contributed by atoms with van der Waals surface area (Å²) in [5.74, 6) is -0.225. The van der Waals surface area contributed by atoms with Gasteiger partial charge in [-0.2, -0.15) is 9.82 Å². The molecule has 24 heavy (non-hydrogen) atoms. The topological polar surface area (TPSA) is 84.3 Å². The van der Waals surface area contributed by atoms with E-state index < -0.39 is 16.1 Å². The number of sulfonamides is 1. The molecule has 8 heteroatoms. The summed E-state index contributed by atoms with van der Waals surface area (Å²) in [5.41, 5.74) is 2.35.